The predicted octanol–water partition coefficient (Wildman–Crippen LogP) is 3.78. The second-order valence-electron chi connectivity index (χ2n) is 6.52. The summed E-state index contributed by atoms with van der Waals surface area (Å²) in [6.07, 6.45) is 0. The Hall–Kier alpha value is -2.79. The molecule has 5 heteroatoms. The molecule has 1 unspecified atom stereocenters. The molecule has 1 amide bonds. The van der Waals surface area contributed by atoms with Gasteiger partial charge >= 0.3 is 0 Å². The summed E-state index contributed by atoms with van der Waals surface area (Å²) in [6, 6.07) is 15.7. The summed E-state index contributed by atoms with van der Waals surface area (Å²) < 4.78 is 11.0. The third-order valence-electron chi connectivity index (χ3n) is 4.61. The van der Waals surface area contributed by atoms with Crippen LogP contribution in [0.1, 0.15) is 27.7 Å². The Labute approximate surface area is 153 Å². The Bertz CT molecular complexity index is 900. The minimum Gasteiger partial charge on any atom is -0.497 e. The first-order valence-electron chi connectivity index (χ1n) is 8.58. The van der Waals surface area contributed by atoms with Crippen molar-refractivity contribution in [3.05, 3.63) is 65.4 Å². The van der Waals surface area contributed by atoms with Gasteiger partial charge in [0.25, 0.3) is 5.91 Å². The lowest BCUT2D eigenvalue weighted by molar-refractivity contribution is 0.0915. The van der Waals surface area contributed by atoms with Gasteiger partial charge in [-0.1, -0.05) is 30.3 Å². The Kier molecular flexibility index (Phi) is 5.28. The highest BCUT2D eigenvalue weighted by Crippen LogP contribution is 2.29. The third-order valence-corrected chi connectivity index (χ3v) is 4.61. The van der Waals surface area contributed by atoms with Gasteiger partial charge in [-0.2, -0.15) is 0 Å². The lowest BCUT2D eigenvalue weighted by atomic mass is 10.1. The van der Waals surface area contributed by atoms with Gasteiger partial charge in [-0.3, -0.25) is 4.79 Å². The molecule has 0 fully saturated rings. The zero-order valence-corrected chi connectivity index (χ0v) is 15.6. The Morgan fingerprint density at radius 2 is 1.92 bits per heavy atom. The van der Waals surface area contributed by atoms with Crippen LogP contribution in [0.15, 0.2) is 52.9 Å². The minimum absolute atomic E-state index is 0.0879. The molecule has 136 valence electrons. The number of methoxy groups -OCH3 is 1. The van der Waals surface area contributed by atoms with Crippen molar-refractivity contribution in [3.63, 3.8) is 0 Å². The topological polar surface area (TPSA) is 54.7 Å². The van der Waals surface area contributed by atoms with Gasteiger partial charge in [0.1, 0.15) is 11.3 Å². The molecule has 0 aliphatic carbocycles. The SMILES string of the molecule is COc1ccc2oc(C(=O)NCC(c3ccccc3)N(C)C)c(C)c2c1. The lowest BCUT2D eigenvalue weighted by Crippen LogP contribution is -2.34. The van der Waals surface area contributed by atoms with Crippen molar-refractivity contribution in [1.29, 1.82) is 0 Å². The van der Waals surface area contributed by atoms with Crippen molar-refractivity contribution in [2.45, 2.75) is 13.0 Å². The quantitative estimate of drug-likeness (QED) is 0.733. The van der Waals surface area contributed by atoms with Gasteiger partial charge in [0.15, 0.2) is 5.76 Å². The maximum Gasteiger partial charge on any atom is 0.287 e. The fourth-order valence-corrected chi connectivity index (χ4v) is 3.09. The molecule has 0 radical (unpaired) electrons. The number of ether oxygens (including phenoxy) is 1. The normalized spacial score (nSPS) is 12.3. The van der Waals surface area contributed by atoms with Crippen LogP contribution < -0.4 is 10.1 Å². The number of hydrogen-bond acceptors (Lipinski definition) is 4. The van der Waals surface area contributed by atoms with E-state index >= 15 is 0 Å². The van der Waals surface area contributed by atoms with Crippen molar-refractivity contribution in [1.82, 2.24) is 10.2 Å². The van der Waals surface area contributed by atoms with Crippen molar-refractivity contribution in [2.75, 3.05) is 27.7 Å². The van der Waals surface area contributed by atoms with Crippen molar-refractivity contribution >= 4 is 16.9 Å². The highest BCUT2D eigenvalue weighted by molar-refractivity contribution is 5.99. The molecule has 0 aliphatic rings. The molecule has 1 heterocycles. The number of hydrogen-bond donors (Lipinski definition) is 1. The van der Waals surface area contributed by atoms with E-state index in [1.807, 2.05) is 57.4 Å². The van der Waals surface area contributed by atoms with Gasteiger partial charge in [0, 0.05) is 17.5 Å². The van der Waals surface area contributed by atoms with E-state index in [4.69, 9.17) is 9.15 Å². The van der Waals surface area contributed by atoms with Gasteiger partial charge in [0.2, 0.25) is 0 Å². The number of benzene rings is 2. The molecule has 0 saturated carbocycles. The van der Waals surface area contributed by atoms with Crippen LogP contribution in [0.4, 0.5) is 0 Å². The second-order valence-corrected chi connectivity index (χ2v) is 6.52. The average molecular weight is 352 g/mol. The van der Waals surface area contributed by atoms with E-state index in [1.165, 1.54) is 0 Å². The largest absolute Gasteiger partial charge is 0.497 e. The van der Waals surface area contributed by atoms with E-state index in [9.17, 15) is 4.79 Å². The smallest absolute Gasteiger partial charge is 0.287 e. The number of amides is 1. The monoisotopic (exact) mass is 352 g/mol. The molecule has 1 N–H and O–H groups in total. The number of carbonyl (C=O) groups is 1. The number of nitrogens with one attached hydrogen (secondary N) is 1. The number of furan rings is 1. The van der Waals surface area contributed by atoms with Crippen molar-refractivity contribution in [2.24, 2.45) is 0 Å². The molecule has 3 rings (SSSR count). The van der Waals surface area contributed by atoms with E-state index in [-0.39, 0.29) is 11.9 Å². The molecule has 0 bridgehead atoms. The zero-order chi connectivity index (χ0) is 18.7. The van der Waals surface area contributed by atoms with Crippen molar-refractivity contribution < 1.29 is 13.9 Å². The molecule has 3 aromatic rings. The first-order chi connectivity index (χ1) is 12.5. The molecular formula is C21H24N2O3. The Morgan fingerprint density at radius 3 is 2.58 bits per heavy atom. The Morgan fingerprint density at radius 1 is 1.19 bits per heavy atom. The van der Waals surface area contributed by atoms with Gasteiger partial charge in [-0.25, -0.2) is 0 Å². The number of nitrogens with zero attached hydrogens (tertiary/aromatic N) is 1. The standard InChI is InChI=1S/C21H24N2O3/c1-14-17-12-16(25-4)10-11-19(17)26-20(14)21(24)22-13-18(23(2)3)15-8-6-5-7-9-15/h5-12,18H,13H2,1-4H3,(H,22,24). The number of carbonyl (C=O) groups excluding carboxylic acids is 1. The first-order valence-corrected chi connectivity index (χ1v) is 8.58. The lowest BCUT2D eigenvalue weighted by Gasteiger charge is -2.25. The highest BCUT2D eigenvalue weighted by Gasteiger charge is 2.20. The summed E-state index contributed by atoms with van der Waals surface area (Å²) in [4.78, 5) is 14.8. The van der Waals surface area contributed by atoms with Crippen LogP contribution >= 0.6 is 0 Å². The summed E-state index contributed by atoms with van der Waals surface area (Å²) in [5.41, 5.74) is 2.65. The van der Waals surface area contributed by atoms with Gasteiger partial charge in [0.05, 0.1) is 13.2 Å². The van der Waals surface area contributed by atoms with Crippen LogP contribution in [0, 0.1) is 6.92 Å². The summed E-state index contributed by atoms with van der Waals surface area (Å²) in [5, 5.41) is 3.89. The molecule has 0 spiro atoms. The van der Waals surface area contributed by atoms with Crippen molar-refractivity contribution in [3.8, 4) is 5.75 Å². The van der Waals surface area contributed by atoms with Crippen LogP contribution in [-0.2, 0) is 0 Å². The molecule has 1 atom stereocenters. The van der Waals surface area contributed by atoms with Crippen LogP contribution in [0.5, 0.6) is 5.75 Å². The summed E-state index contributed by atoms with van der Waals surface area (Å²) in [6.45, 7) is 2.39. The van der Waals surface area contributed by atoms with E-state index < -0.39 is 0 Å². The summed E-state index contributed by atoms with van der Waals surface area (Å²) >= 11 is 0. The maximum atomic E-state index is 12.7. The Balaban J connectivity index is 1.79. The van der Waals surface area contributed by atoms with E-state index in [2.05, 4.69) is 22.3 Å². The van der Waals surface area contributed by atoms with Gasteiger partial charge in [-0.05, 0) is 44.8 Å². The fourth-order valence-electron chi connectivity index (χ4n) is 3.09. The molecule has 0 aliphatic heterocycles. The van der Waals surface area contributed by atoms with E-state index in [1.54, 1.807) is 7.11 Å². The third kappa shape index (κ3) is 3.58. The van der Waals surface area contributed by atoms with Crippen LogP contribution in [0.3, 0.4) is 0 Å². The van der Waals surface area contributed by atoms with E-state index in [0.29, 0.717) is 17.9 Å². The van der Waals surface area contributed by atoms with Gasteiger partial charge < -0.3 is 19.4 Å². The fraction of sp³-hybridized carbons (Fsp3) is 0.286. The van der Waals surface area contributed by atoms with Crippen LogP contribution in [0.2, 0.25) is 0 Å². The average Bonchev–Trinajstić information content (AvgIpc) is 2.98. The van der Waals surface area contributed by atoms with E-state index in [0.717, 1.165) is 22.3 Å². The number of likely N-dealkylation sites (N-methyl/N-ethyl adjacent to an activating group) is 1. The summed E-state index contributed by atoms with van der Waals surface area (Å²) in [7, 11) is 5.63. The van der Waals surface area contributed by atoms with Gasteiger partial charge in [-0.15, -0.1) is 0 Å². The zero-order valence-electron chi connectivity index (χ0n) is 15.6. The molecule has 2 aromatic carbocycles. The van der Waals surface area contributed by atoms with Crippen LogP contribution in [0.25, 0.3) is 11.0 Å². The minimum atomic E-state index is -0.208. The molecule has 26 heavy (non-hydrogen) atoms. The first kappa shape index (κ1) is 18.0. The molecule has 0 saturated heterocycles. The van der Waals surface area contributed by atoms with Crippen LogP contribution in [-0.4, -0.2) is 38.6 Å². The number of fused-ring (bicyclic) bond motifs is 1. The summed E-state index contributed by atoms with van der Waals surface area (Å²) in [5.74, 6) is 0.879. The number of rotatable bonds is 6. The molecular weight excluding hydrogens is 328 g/mol. The predicted molar refractivity (Wildman–Crippen MR) is 103 cm³/mol. The molecule has 5 nitrogen and oxygen atoms in total. The molecule has 1 aromatic heterocycles. The second kappa shape index (κ2) is 7.62. The highest BCUT2D eigenvalue weighted by atomic mass is 16.5. The maximum absolute atomic E-state index is 12.7. The number of aryl methyl sites for hydroxylation is 1.